The summed E-state index contributed by atoms with van der Waals surface area (Å²) >= 11 is 3.38. The summed E-state index contributed by atoms with van der Waals surface area (Å²) in [6, 6.07) is 7.94. The minimum atomic E-state index is -0.0145. The van der Waals surface area contributed by atoms with Gasteiger partial charge in [0.25, 0.3) is 0 Å². The Morgan fingerprint density at radius 1 is 1.41 bits per heavy atom. The maximum absolute atomic E-state index is 9.13. The molecule has 1 aliphatic rings. The highest BCUT2D eigenvalue weighted by atomic mass is 79.9. The number of nitrogens with zero attached hydrogens (tertiary/aromatic N) is 1. The van der Waals surface area contributed by atoms with Gasteiger partial charge in [0, 0.05) is 16.6 Å². The second-order valence-electron chi connectivity index (χ2n) is 4.62. The maximum Gasteiger partial charge on any atom is 0.101 e. The normalized spacial score (nSPS) is 17.7. The van der Waals surface area contributed by atoms with Gasteiger partial charge in [-0.05, 0) is 31.0 Å². The molecule has 0 aliphatic heterocycles. The van der Waals surface area contributed by atoms with E-state index in [-0.39, 0.29) is 5.54 Å². The molecule has 2 rings (SSSR count). The molecule has 0 spiro atoms. The van der Waals surface area contributed by atoms with Crippen LogP contribution in [0.4, 0.5) is 5.69 Å². The predicted molar refractivity (Wildman–Crippen MR) is 72.7 cm³/mol. The SMILES string of the molecule is N#Cc1cc(Br)ccc1NC1(CN)CCCC1. The van der Waals surface area contributed by atoms with Crippen LogP contribution in [-0.2, 0) is 0 Å². The monoisotopic (exact) mass is 293 g/mol. The molecule has 3 nitrogen and oxygen atoms in total. The van der Waals surface area contributed by atoms with Gasteiger partial charge in [-0.2, -0.15) is 5.26 Å². The Morgan fingerprint density at radius 2 is 2.12 bits per heavy atom. The summed E-state index contributed by atoms with van der Waals surface area (Å²) in [4.78, 5) is 0. The molecule has 90 valence electrons. The number of anilines is 1. The van der Waals surface area contributed by atoms with Crippen LogP contribution < -0.4 is 11.1 Å². The van der Waals surface area contributed by atoms with Crippen molar-refractivity contribution in [3.63, 3.8) is 0 Å². The molecule has 0 bridgehead atoms. The third-order valence-corrected chi connectivity index (χ3v) is 3.95. The van der Waals surface area contributed by atoms with Crippen molar-refractivity contribution < 1.29 is 0 Å². The molecule has 0 unspecified atom stereocenters. The average molecular weight is 294 g/mol. The van der Waals surface area contributed by atoms with Crippen LogP contribution >= 0.6 is 15.9 Å². The molecule has 1 fully saturated rings. The highest BCUT2D eigenvalue weighted by Crippen LogP contribution is 2.33. The van der Waals surface area contributed by atoms with Crippen molar-refractivity contribution in [2.45, 2.75) is 31.2 Å². The number of nitrogens with two attached hydrogens (primary N) is 1. The first kappa shape index (κ1) is 12.4. The number of nitrogens with one attached hydrogen (secondary N) is 1. The van der Waals surface area contributed by atoms with E-state index in [0.717, 1.165) is 23.0 Å². The van der Waals surface area contributed by atoms with Crippen LogP contribution in [0, 0.1) is 11.3 Å². The van der Waals surface area contributed by atoms with Gasteiger partial charge in [-0.15, -0.1) is 0 Å². The van der Waals surface area contributed by atoms with Crippen LogP contribution in [0.25, 0.3) is 0 Å². The van der Waals surface area contributed by atoms with E-state index in [1.807, 2.05) is 18.2 Å². The molecule has 0 heterocycles. The highest BCUT2D eigenvalue weighted by molar-refractivity contribution is 9.10. The Bertz CT molecular complexity index is 444. The molecule has 17 heavy (non-hydrogen) atoms. The number of halogens is 1. The first-order valence-electron chi connectivity index (χ1n) is 5.87. The summed E-state index contributed by atoms with van der Waals surface area (Å²) < 4.78 is 0.924. The molecule has 1 aliphatic carbocycles. The Hall–Kier alpha value is -1.05. The number of hydrogen-bond acceptors (Lipinski definition) is 3. The molecule has 0 amide bonds. The molecule has 0 atom stereocenters. The van der Waals surface area contributed by atoms with Gasteiger partial charge >= 0.3 is 0 Å². The van der Waals surface area contributed by atoms with Crippen LogP contribution in [0.3, 0.4) is 0 Å². The molecule has 1 aromatic carbocycles. The predicted octanol–water partition coefficient (Wildman–Crippen LogP) is 3.00. The van der Waals surface area contributed by atoms with E-state index in [1.165, 1.54) is 12.8 Å². The summed E-state index contributed by atoms with van der Waals surface area (Å²) in [6.45, 7) is 0.619. The van der Waals surface area contributed by atoms with Crippen LogP contribution in [0.2, 0.25) is 0 Å². The highest BCUT2D eigenvalue weighted by Gasteiger charge is 2.32. The Labute approximate surface area is 110 Å². The van der Waals surface area contributed by atoms with Crippen molar-refractivity contribution in [3.05, 3.63) is 28.2 Å². The number of hydrogen-bond donors (Lipinski definition) is 2. The van der Waals surface area contributed by atoms with Crippen molar-refractivity contribution in [2.24, 2.45) is 5.73 Å². The molecule has 1 aromatic rings. The molecule has 3 N–H and O–H groups in total. The van der Waals surface area contributed by atoms with Gasteiger partial charge < -0.3 is 11.1 Å². The summed E-state index contributed by atoms with van der Waals surface area (Å²) in [7, 11) is 0. The fraction of sp³-hybridized carbons (Fsp3) is 0.462. The first-order valence-corrected chi connectivity index (χ1v) is 6.66. The molecule has 0 aromatic heterocycles. The lowest BCUT2D eigenvalue weighted by Gasteiger charge is -2.30. The van der Waals surface area contributed by atoms with Crippen molar-refractivity contribution >= 4 is 21.6 Å². The minimum absolute atomic E-state index is 0.0145. The van der Waals surface area contributed by atoms with E-state index in [1.54, 1.807) is 0 Å². The third kappa shape index (κ3) is 2.62. The summed E-state index contributed by atoms with van der Waals surface area (Å²) in [5.41, 5.74) is 7.43. The molecule has 4 heteroatoms. The standard InChI is InChI=1S/C13H16BrN3/c14-11-3-4-12(10(7-11)8-15)17-13(9-16)5-1-2-6-13/h3-4,7,17H,1-2,5-6,9,16H2. The third-order valence-electron chi connectivity index (χ3n) is 3.45. The number of benzene rings is 1. The Balaban J connectivity index is 2.26. The fourth-order valence-electron chi connectivity index (χ4n) is 2.44. The van der Waals surface area contributed by atoms with Crippen LogP contribution in [0.5, 0.6) is 0 Å². The fourth-order valence-corrected chi connectivity index (χ4v) is 2.80. The number of rotatable bonds is 3. The van der Waals surface area contributed by atoms with E-state index >= 15 is 0 Å². The van der Waals surface area contributed by atoms with Crippen molar-refractivity contribution in [2.75, 3.05) is 11.9 Å². The minimum Gasteiger partial charge on any atom is -0.377 e. The summed E-state index contributed by atoms with van der Waals surface area (Å²) in [5.74, 6) is 0. The zero-order valence-electron chi connectivity index (χ0n) is 9.67. The molecule has 0 radical (unpaired) electrons. The van der Waals surface area contributed by atoms with E-state index in [0.29, 0.717) is 12.1 Å². The van der Waals surface area contributed by atoms with Gasteiger partial charge in [0.15, 0.2) is 0 Å². The van der Waals surface area contributed by atoms with E-state index in [2.05, 4.69) is 27.3 Å². The van der Waals surface area contributed by atoms with Crippen molar-refractivity contribution in [1.82, 2.24) is 0 Å². The maximum atomic E-state index is 9.13. The van der Waals surface area contributed by atoms with Gasteiger partial charge in [-0.25, -0.2) is 0 Å². The van der Waals surface area contributed by atoms with E-state index < -0.39 is 0 Å². The van der Waals surface area contributed by atoms with Gasteiger partial charge in [0.05, 0.1) is 11.3 Å². The van der Waals surface area contributed by atoms with Crippen LogP contribution in [0.15, 0.2) is 22.7 Å². The quantitative estimate of drug-likeness (QED) is 0.900. The van der Waals surface area contributed by atoms with Crippen molar-refractivity contribution in [1.29, 1.82) is 5.26 Å². The van der Waals surface area contributed by atoms with Gasteiger partial charge in [0.1, 0.15) is 6.07 Å². The first-order chi connectivity index (χ1) is 8.19. The summed E-state index contributed by atoms with van der Waals surface area (Å²) in [5, 5.41) is 12.6. The zero-order chi connectivity index (χ0) is 12.3. The Morgan fingerprint density at radius 3 is 2.71 bits per heavy atom. The zero-order valence-corrected chi connectivity index (χ0v) is 11.3. The topological polar surface area (TPSA) is 61.8 Å². The van der Waals surface area contributed by atoms with Gasteiger partial charge in [-0.1, -0.05) is 28.8 Å². The molecular formula is C13H16BrN3. The lowest BCUT2D eigenvalue weighted by Crippen LogP contribution is -2.42. The van der Waals surface area contributed by atoms with Crippen LogP contribution in [0.1, 0.15) is 31.2 Å². The Kier molecular flexibility index (Phi) is 3.70. The van der Waals surface area contributed by atoms with Gasteiger partial charge in [0.2, 0.25) is 0 Å². The average Bonchev–Trinajstić information content (AvgIpc) is 2.81. The second-order valence-corrected chi connectivity index (χ2v) is 5.53. The lowest BCUT2D eigenvalue weighted by molar-refractivity contribution is 0.493. The van der Waals surface area contributed by atoms with Crippen molar-refractivity contribution in [3.8, 4) is 6.07 Å². The lowest BCUT2D eigenvalue weighted by atomic mass is 9.96. The largest absolute Gasteiger partial charge is 0.377 e. The van der Waals surface area contributed by atoms with E-state index in [4.69, 9.17) is 11.0 Å². The summed E-state index contributed by atoms with van der Waals surface area (Å²) in [6.07, 6.45) is 4.60. The molecule has 1 saturated carbocycles. The van der Waals surface area contributed by atoms with Crippen LogP contribution in [-0.4, -0.2) is 12.1 Å². The number of nitriles is 1. The molecule has 0 saturated heterocycles. The van der Waals surface area contributed by atoms with E-state index in [9.17, 15) is 0 Å². The van der Waals surface area contributed by atoms with Gasteiger partial charge in [-0.3, -0.25) is 0 Å². The second kappa shape index (κ2) is 5.07. The molecular weight excluding hydrogens is 278 g/mol. The smallest absolute Gasteiger partial charge is 0.101 e.